The van der Waals surface area contributed by atoms with E-state index in [1.165, 1.54) is 0 Å². The highest BCUT2D eigenvalue weighted by Crippen LogP contribution is 2.21. The summed E-state index contributed by atoms with van der Waals surface area (Å²) in [6.45, 7) is 2.64. The second-order valence-electron chi connectivity index (χ2n) is 5.07. The van der Waals surface area contributed by atoms with Crippen LogP contribution in [0.2, 0.25) is 5.02 Å². The Morgan fingerprint density at radius 3 is 2.54 bits per heavy atom. The standard InChI is InChI=1S/C18H20ClNO4/c1-13(18(21)20-15-8-6-14(19)7-9-15)24-17-5-3-4-16(12-17)23-11-10-22-2/h3-9,12-13H,10-11H2,1-2H3,(H,20,21). The third-order valence-electron chi connectivity index (χ3n) is 3.16. The van der Waals surface area contributed by atoms with Crippen LogP contribution in [0.1, 0.15) is 6.92 Å². The summed E-state index contributed by atoms with van der Waals surface area (Å²) < 4.78 is 16.1. The molecule has 2 aromatic carbocycles. The molecule has 5 nitrogen and oxygen atoms in total. The van der Waals surface area contributed by atoms with Gasteiger partial charge >= 0.3 is 0 Å². The summed E-state index contributed by atoms with van der Waals surface area (Å²) in [5, 5.41) is 3.39. The fourth-order valence-corrected chi connectivity index (χ4v) is 2.04. The predicted octanol–water partition coefficient (Wildman–Crippen LogP) is 3.77. The van der Waals surface area contributed by atoms with E-state index in [2.05, 4.69) is 5.32 Å². The molecule has 1 unspecified atom stereocenters. The lowest BCUT2D eigenvalue weighted by Gasteiger charge is -2.15. The van der Waals surface area contributed by atoms with E-state index in [0.29, 0.717) is 35.4 Å². The number of ether oxygens (including phenoxy) is 3. The number of hydrogen-bond donors (Lipinski definition) is 1. The second kappa shape index (κ2) is 9.15. The molecule has 24 heavy (non-hydrogen) atoms. The minimum absolute atomic E-state index is 0.247. The molecule has 0 saturated heterocycles. The number of nitrogens with one attached hydrogen (secondary N) is 1. The first-order valence-corrected chi connectivity index (χ1v) is 7.91. The molecule has 1 atom stereocenters. The minimum atomic E-state index is -0.657. The molecular weight excluding hydrogens is 330 g/mol. The van der Waals surface area contributed by atoms with Crippen LogP contribution in [0.15, 0.2) is 48.5 Å². The molecule has 2 aromatic rings. The van der Waals surface area contributed by atoms with Gasteiger partial charge < -0.3 is 19.5 Å². The number of rotatable bonds is 8. The second-order valence-corrected chi connectivity index (χ2v) is 5.51. The fraction of sp³-hybridized carbons (Fsp3) is 0.278. The summed E-state index contributed by atoms with van der Waals surface area (Å²) >= 11 is 5.82. The van der Waals surface area contributed by atoms with Gasteiger partial charge in [-0.25, -0.2) is 0 Å². The molecule has 1 amide bonds. The summed E-state index contributed by atoms with van der Waals surface area (Å²) in [6, 6.07) is 14.0. The van der Waals surface area contributed by atoms with Crippen LogP contribution < -0.4 is 14.8 Å². The van der Waals surface area contributed by atoms with Crippen molar-refractivity contribution in [2.75, 3.05) is 25.6 Å². The van der Waals surface area contributed by atoms with Gasteiger partial charge in [0.1, 0.15) is 18.1 Å². The van der Waals surface area contributed by atoms with Crippen molar-refractivity contribution in [1.82, 2.24) is 0 Å². The molecule has 0 heterocycles. The lowest BCUT2D eigenvalue weighted by molar-refractivity contribution is -0.122. The van der Waals surface area contributed by atoms with Crippen LogP contribution in [0.3, 0.4) is 0 Å². The largest absolute Gasteiger partial charge is 0.491 e. The molecule has 1 N–H and O–H groups in total. The van der Waals surface area contributed by atoms with Gasteiger partial charge in [-0.1, -0.05) is 17.7 Å². The van der Waals surface area contributed by atoms with Crippen molar-refractivity contribution in [1.29, 1.82) is 0 Å². The van der Waals surface area contributed by atoms with E-state index in [1.54, 1.807) is 56.5 Å². The van der Waals surface area contributed by atoms with E-state index in [9.17, 15) is 4.79 Å². The molecule has 6 heteroatoms. The van der Waals surface area contributed by atoms with E-state index in [0.717, 1.165) is 0 Å². The number of methoxy groups -OCH3 is 1. The molecule has 0 aliphatic heterocycles. The van der Waals surface area contributed by atoms with Crippen molar-refractivity contribution in [3.05, 3.63) is 53.6 Å². The summed E-state index contributed by atoms with van der Waals surface area (Å²) in [5.74, 6) is 0.974. The Morgan fingerprint density at radius 2 is 1.83 bits per heavy atom. The smallest absolute Gasteiger partial charge is 0.265 e. The van der Waals surface area contributed by atoms with Crippen molar-refractivity contribution in [2.45, 2.75) is 13.0 Å². The maximum Gasteiger partial charge on any atom is 0.265 e. The number of anilines is 1. The van der Waals surface area contributed by atoms with Crippen LogP contribution in [-0.4, -0.2) is 32.3 Å². The molecule has 0 saturated carbocycles. The van der Waals surface area contributed by atoms with Gasteiger partial charge in [0, 0.05) is 23.9 Å². The molecule has 0 radical (unpaired) electrons. The summed E-state index contributed by atoms with van der Waals surface area (Å²) in [6.07, 6.45) is -0.657. The Balaban J connectivity index is 1.90. The fourth-order valence-electron chi connectivity index (χ4n) is 1.91. The first kappa shape index (κ1) is 18.1. The van der Waals surface area contributed by atoms with Gasteiger partial charge in [-0.15, -0.1) is 0 Å². The quantitative estimate of drug-likeness (QED) is 0.737. The van der Waals surface area contributed by atoms with Crippen LogP contribution in [0.4, 0.5) is 5.69 Å². The molecule has 0 aromatic heterocycles. The van der Waals surface area contributed by atoms with E-state index >= 15 is 0 Å². The summed E-state index contributed by atoms with van der Waals surface area (Å²) in [7, 11) is 1.61. The molecule has 0 aliphatic rings. The van der Waals surface area contributed by atoms with E-state index in [1.807, 2.05) is 6.07 Å². The van der Waals surface area contributed by atoms with Gasteiger partial charge in [-0.3, -0.25) is 4.79 Å². The first-order chi connectivity index (χ1) is 11.6. The van der Waals surface area contributed by atoms with E-state index in [-0.39, 0.29) is 5.91 Å². The first-order valence-electron chi connectivity index (χ1n) is 7.53. The van der Waals surface area contributed by atoms with Crippen LogP contribution in [0.5, 0.6) is 11.5 Å². The maximum atomic E-state index is 12.2. The lowest BCUT2D eigenvalue weighted by Crippen LogP contribution is -2.30. The van der Waals surface area contributed by atoms with E-state index < -0.39 is 6.10 Å². The predicted molar refractivity (Wildman–Crippen MR) is 94.0 cm³/mol. The number of carbonyl (C=O) groups excluding carboxylic acids is 1. The minimum Gasteiger partial charge on any atom is -0.491 e. The topological polar surface area (TPSA) is 56.8 Å². The highest BCUT2D eigenvalue weighted by Gasteiger charge is 2.15. The Bertz CT molecular complexity index is 660. The normalized spacial score (nSPS) is 11.6. The maximum absolute atomic E-state index is 12.2. The highest BCUT2D eigenvalue weighted by atomic mass is 35.5. The molecule has 2 rings (SSSR count). The third kappa shape index (κ3) is 5.76. The Hall–Kier alpha value is -2.24. The molecule has 0 fully saturated rings. The number of benzene rings is 2. The van der Waals surface area contributed by atoms with Gasteiger partial charge in [0.2, 0.25) is 0 Å². The molecular formula is C18H20ClNO4. The van der Waals surface area contributed by atoms with Crippen molar-refractivity contribution in [3.63, 3.8) is 0 Å². The van der Waals surface area contributed by atoms with Crippen LogP contribution in [0, 0.1) is 0 Å². The molecule has 0 spiro atoms. The van der Waals surface area contributed by atoms with Crippen LogP contribution in [-0.2, 0) is 9.53 Å². The van der Waals surface area contributed by atoms with Crippen molar-refractivity contribution >= 4 is 23.2 Å². The highest BCUT2D eigenvalue weighted by molar-refractivity contribution is 6.30. The number of amides is 1. The number of halogens is 1. The lowest BCUT2D eigenvalue weighted by atomic mass is 10.3. The van der Waals surface area contributed by atoms with Gasteiger partial charge in [0.05, 0.1) is 6.61 Å². The zero-order chi connectivity index (χ0) is 17.4. The summed E-state index contributed by atoms with van der Waals surface area (Å²) in [4.78, 5) is 12.2. The molecule has 0 bridgehead atoms. The average Bonchev–Trinajstić information content (AvgIpc) is 2.57. The van der Waals surface area contributed by atoms with Gasteiger partial charge in [-0.05, 0) is 43.3 Å². The average molecular weight is 350 g/mol. The zero-order valence-electron chi connectivity index (χ0n) is 13.6. The third-order valence-corrected chi connectivity index (χ3v) is 3.41. The zero-order valence-corrected chi connectivity index (χ0v) is 14.4. The van der Waals surface area contributed by atoms with Crippen molar-refractivity contribution in [3.8, 4) is 11.5 Å². The summed E-state index contributed by atoms with van der Waals surface area (Å²) in [5.41, 5.74) is 0.663. The van der Waals surface area contributed by atoms with Crippen molar-refractivity contribution in [2.24, 2.45) is 0 Å². The van der Waals surface area contributed by atoms with Crippen molar-refractivity contribution < 1.29 is 19.0 Å². The SMILES string of the molecule is COCCOc1cccc(OC(C)C(=O)Nc2ccc(Cl)cc2)c1. The Morgan fingerprint density at radius 1 is 1.12 bits per heavy atom. The van der Waals surface area contributed by atoms with Crippen LogP contribution in [0.25, 0.3) is 0 Å². The molecule has 0 aliphatic carbocycles. The Labute approximate surface area is 146 Å². The van der Waals surface area contributed by atoms with Gasteiger partial charge in [-0.2, -0.15) is 0 Å². The Kier molecular flexibility index (Phi) is 6.90. The molecule has 128 valence electrons. The van der Waals surface area contributed by atoms with Gasteiger partial charge in [0.15, 0.2) is 6.10 Å². The number of carbonyl (C=O) groups is 1. The monoisotopic (exact) mass is 349 g/mol. The number of hydrogen-bond acceptors (Lipinski definition) is 4. The van der Waals surface area contributed by atoms with Crippen LogP contribution >= 0.6 is 11.6 Å². The van der Waals surface area contributed by atoms with Gasteiger partial charge in [0.25, 0.3) is 5.91 Å². The van der Waals surface area contributed by atoms with E-state index in [4.69, 9.17) is 25.8 Å².